The summed E-state index contributed by atoms with van der Waals surface area (Å²) in [6.45, 7) is 2.13. The molecule has 0 N–H and O–H groups in total. The number of aryl methyl sites for hydroxylation is 1. The Labute approximate surface area is 106 Å². The molecule has 88 valence electrons. The minimum atomic E-state index is 0.438. The van der Waals surface area contributed by atoms with Crippen molar-refractivity contribution in [2.45, 2.75) is 37.4 Å². The van der Waals surface area contributed by atoms with Crippen molar-refractivity contribution in [2.75, 3.05) is 7.11 Å². The molecule has 1 saturated carbocycles. The highest BCUT2D eigenvalue weighted by Crippen LogP contribution is 2.41. The monoisotopic (exact) mass is 282 g/mol. The smallest absolute Gasteiger partial charge is 0.123 e. The maximum atomic E-state index is 5.42. The Morgan fingerprint density at radius 3 is 2.75 bits per heavy atom. The zero-order valence-electron chi connectivity index (χ0n) is 10.0. The van der Waals surface area contributed by atoms with Gasteiger partial charge >= 0.3 is 0 Å². The van der Waals surface area contributed by atoms with Gasteiger partial charge in [0.1, 0.15) is 5.75 Å². The fourth-order valence-electron chi connectivity index (χ4n) is 2.25. The second kappa shape index (κ2) is 5.22. The number of rotatable bonds is 4. The van der Waals surface area contributed by atoms with Gasteiger partial charge in [-0.05, 0) is 25.3 Å². The summed E-state index contributed by atoms with van der Waals surface area (Å²) in [5.74, 6) is 1.92. The molecule has 0 radical (unpaired) electrons. The highest BCUT2D eigenvalue weighted by molar-refractivity contribution is 9.09. The lowest BCUT2D eigenvalue weighted by molar-refractivity contribution is 0.294. The molecule has 1 aliphatic rings. The van der Waals surface area contributed by atoms with E-state index in [-0.39, 0.29) is 0 Å². The van der Waals surface area contributed by atoms with Crippen molar-refractivity contribution in [1.82, 2.24) is 0 Å². The first-order chi connectivity index (χ1) is 7.70. The van der Waals surface area contributed by atoms with Crippen LogP contribution in [0.3, 0.4) is 0 Å². The summed E-state index contributed by atoms with van der Waals surface area (Å²) in [7, 11) is 1.75. The second-order valence-corrected chi connectivity index (χ2v) is 5.85. The lowest BCUT2D eigenvalue weighted by Crippen LogP contribution is -2.13. The third-order valence-electron chi connectivity index (χ3n) is 3.49. The van der Waals surface area contributed by atoms with Gasteiger partial charge in [0, 0.05) is 10.4 Å². The molecule has 0 amide bonds. The summed E-state index contributed by atoms with van der Waals surface area (Å²) in [5.41, 5.74) is 2.60. The molecule has 0 saturated heterocycles. The Balaban J connectivity index is 2.13. The van der Waals surface area contributed by atoms with Crippen LogP contribution >= 0.6 is 15.9 Å². The van der Waals surface area contributed by atoms with Crippen LogP contribution in [0.25, 0.3) is 0 Å². The van der Waals surface area contributed by atoms with Crippen LogP contribution in [-0.2, 0) is 0 Å². The largest absolute Gasteiger partial charge is 0.496 e. The molecule has 0 bridgehead atoms. The maximum absolute atomic E-state index is 5.42. The molecule has 2 rings (SSSR count). The van der Waals surface area contributed by atoms with E-state index in [1.54, 1.807) is 7.11 Å². The lowest BCUT2D eigenvalue weighted by Gasteiger charge is -2.28. The number of hydrogen-bond donors (Lipinski definition) is 0. The van der Waals surface area contributed by atoms with Crippen LogP contribution < -0.4 is 4.74 Å². The van der Waals surface area contributed by atoms with Crippen LogP contribution in [0.15, 0.2) is 18.2 Å². The number of benzene rings is 1. The summed E-state index contributed by atoms with van der Waals surface area (Å²) >= 11 is 3.81. The molecule has 1 nitrogen and oxygen atoms in total. The van der Waals surface area contributed by atoms with E-state index < -0.39 is 0 Å². The van der Waals surface area contributed by atoms with E-state index in [2.05, 4.69) is 41.1 Å². The quantitative estimate of drug-likeness (QED) is 0.732. The fourth-order valence-corrected chi connectivity index (χ4v) is 3.13. The number of hydrogen-bond acceptors (Lipinski definition) is 1. The summed E-state index contributed by atoms with van der Waals surface area (Å²) in [6.07, 6.45) is 5.45. The number of methoxy groups -OCH3 is 1. The topological polar surface area (TPSA) is 9.23 Å². The predicted molar refractivity (Wildman–Crippen MR) is 71.4 cm³/mol. The van der Waals surface area contributed by atoms with Gasteiger partial charge < -0.3 is 4.74 Å². The normalized spacial score (nSPS) is 17.9. The fraction of sp³-hybridized carbons (Fsp3) is 0.571. The third-order valence-corrected chi connectivity index (χ3v) is 4.35. The first-order valence-corrected chi connectivity index (χ1v) is 6.91. The van der Waals surface area contributed by atoms with Crippen molar-refractivity contribution in [3.8, 4) is 5.75 Å². The summed E-state index contributed by atoms with van der Waals surface area (Å²) in [6, 6.07) is 6.40. The average molecular weight is 283 g/mol. The molecule has 0 heterocycles. The molecule has 1 atom stereocenters. The Hall–Kier alpha value is -0.500. The molecule has 0 spiro atoms. The highest BCUT2D eigenvalue weighted by atomic mass is 79.9. The van der Waals surface area contributed by atoms with E-state index in [1.165, 1.54) is 36.8 Å². The van der Waals surface area contributed by atoms with E-state index in [1.807, 2.05) is 0 Å². The van der Waals surface area contributed by atoms with Crippen LogP contribution in [0.1, 0.15) is 41.6 Å². The van der Waals surface area contributed by atoms with Crippen molar-refractivity contribution in [2.24, 2.45) is 5.92 Å². The van der Waals surface area contributed by atoms with Crippen molar-refractivity contribution < 1.29 is 4.74 Å². The Morgan fingerprint density at radius 2 is 2.19 bits per heavy atom. The zero-order chi connectivity index (χ0) is 11.5. The van der Waals surface area contributed by atoms with Gasteiger partial charge in [0.2, 0.25) is 0 Å². The standard InChI is InChI=1S/C14H19BrO/c1-10-6-7-14(16-2)12(8-10)13(15)9-11-4-3-5-11/h6-8,11,13H,3-5,9H2,1-2H3. The van der Waals surface area contributed by atoms with E-state index in [9.17, 15) is 0 Å². The van der Waals surface area contributed by atoms with Crippen LogP contribution in [0.4, 0.5) is 0 Å². The van der Waals surface area contributed by atoms with Crippen LogP contribution in [-0.4, -0.2) is 7.11 Å². The number of ether oxygens (including phenoxy) is 1. The molecule has 0 aliphatic heterocycles. The van der Waals surface area contributed by atoms with Crippen LogP contribution in [0.2, 0.25) is 0 Å². The molecule has 1 fully saturated rings. The van der Waals surface area contributed by atoms with Gasteiger partial charge in [-0.3, -0.25) is 0 Å². The SMILES string of the molecule is COc1ccc(C)cc1C(Br)CC1CCC1. The average Bonchev–Trinajstić information content (AvgIpc) is 2.23. The van der Waals surface area contributed by atoms with E-state index in [0.29, 0.717) is 4.83 Å². The van der Waals surface area contributed by atoms with Crippen LogP contribution in [0, 0.1) is 12.8 Å². The van der Waals surface area contributed by atoms with E-state index in [0.717, 1.165) is 11.7 Å². The predicted octanol–water partition coefficient (Wildman–Crippen LogP) is 4.63. The number of halogens is 1. The Kier molecular flexibility index (Phi) is 3.91. The Morgan fingerprint density at radius 1 is 1.44 bits per heavy atom. The highest BCUT2D eigenvalue weighted by Gasteiger charge is 2.23. The minimum Gasteiger partial charge on any atom is -0.496 e. The minimum absolute atomic E-state index is 0.438. The molecule has 0 aromatic heterocycles. The summed E-state index contributed by atoms with van der Waals surface area (Å²) in [5, 5.41) is 0. The van der Waals surface area contributed by atoms with Crippen molar-refractivity contribution >= 4 is 15.9 Å². The first-order valence-electron chi connectivity index (χ1n) is 5.99. The van der Waals surface area contributed by atoms with Gasteiger partial charge in [0.15, 0.2) is 0 Å². The molecular weight excluding hydrogens is 264 g/mol. The molecule has 2 heteroatoms. The number of alkyl halides is 1. The van der Waals surface area contributed by atoms with Gasteiger partial charge in [-0.2, -0.15) is 0 Å². The first kappa shape index (κ1) is 12.0. The van der Waals surface area contributed by atoms with Gasteiger partial charge in [-0.1, -0.05) is 52.9 Å². The molecule has 1 unspecified atom stereocenters. The van der Waals surface area contributed by atoms with Gasteiger partial charge in [-0.15, -0.1) is 0 Å². The van der Waals surface area contributed by atoms with Gasteiger partial charge in [0.05, 0.1) is 7.11 Å². The van der Waals surface area contributed by atoms with Crippen molar-refractivity contribution in [1.29, 1.82) is 0 Å². The third kappa shape index (κ3) is 2.60. The van der Waals surface area contributed by atoms with Gasteiger partial charge in [0.25, 0.3) is 0 Å². The summed E-state index contributed by atoms with van der Waals surface area (Å²) < 4.78 is 5.42. The maximum Gasteiger partial charge on any atom is 0.123 e. The van der Waals surface area contributed by atoms with Gasteiger partial charge in [-0.25, -0.2) is 0 Å². The summed E-state index contributed by atoms with van der Waals surface area (Å²) in [4.78, 5) is 0.438. The second-order valence-electron chi connectivity index (χ2n) is 4.75. The van der Waals surface area contributed by atoms with E-state index >= 15 is 0 Å². The molecule has 1 aliphatic carbocycles. The molecular formula is C14H19BrO. The molecule has 1 aromatic carbocycles. The van der Waals surface area contributed by atoms with Crippen molar-refractivity contribution in [3.05, 3.63) is 29.3 Å². The molecule has 16 heavy (non-hydrogen) atoms. The Bertz CT molecular complexity index is 358. The van der Waals surface area contributed by atoms with Crippen molar-refractivity contribution in [3.63, 3.8) is 0 Å². The van der Waals surface area contributed by atoms with Crippen LogP contribution in [0.5, 0.6) is 5.75 Å². The zero-order valence-corrected chi connectivity index (χ0v) is 11.6. The lowest BCUT2D eigenvalue weighted by atomic mass is 9.81. The molecule has 1 aromatic rings. The van der Waals surface area contributed by atoms with E-state index in [4.69, 9.17) is 4.74 Å².